The van der Waals surface area contributed by atoms with Crippen LogP contribution in [0.25, 0.3) is 11.5 Å². The van der Waals surface area contributed by atoms with E-state index < -0.39 is 0 Å². The second kappa shape index (κ2) is 5.11. The molecule has 19 heavy (non-hydrogen) atoms. The fourth-order valence-corrected chi connectivity index (χ4v) is 2.04. The summed E-state index contributed by atoms with van der Waals surface area (Å²) >= 11 is 0. The van der Waals surface area contributed by atoms with Gasteiger partial charge in [0.25, 0.3) is 0 Å². The standard InChI is InChI=1S/C14H17N3O2/c1-9(2)15-6-13-16-17-14(19-13)10-3-4-11-7-18-8-12(11)5-10/h3-5,9,15H,6-8H2,1-2H3. The molecule has 0 spiro atoms. The maximum atomic E-state index is 5.65. The average molecular weight is 259 g/mol. The van der Waals surface area contributed by atoms with Gasteiger partial charge in [-0.1, -0.05) is 19.9 Å². The van der Waals surface area contributed by atoms with E-state index in [-0.39, 0.29) is 0 Å². The number of fused-ring (bicyclic) bond motifs is 1. The first-order valence-corrected chi connectivity index (χ1v) is 6.48. The first-order valence-electron chi connectivity index (χ1n) is 6.48. The number of nitrogens with zero attached hydrogens (tertiary/aromatic N) is 2. The van der Waals surface area contributed by atoms with Crippen molar-refractivity contribution in [1.29, 1.82) is 0 Å². The van der Waals surface area contributed by atoms with Crippen LogP contribution < -0.4 is 5.32 Å². The third kappa shape index (κ3) is 2.67. The zero-order valence-corrected chi connectivity index (χ0v) is 11.1. The first kappa shape index (κ1) is 12.3. The summed E-state index contributed by atoms with van der Waals surface area (Å²) in [4.78, 5) is 0. The Morgan fingerprint density at radius 2 is 2.05 bits per heavy atom. The normalized spacial score (nSPS) is 14.1. The molecule has 1 aliphatic heterocycles. The van der Waals surface area contributed by atoms with Gasteiger partial charge in [0.1, 0.15) is 0 Å². The van der Waals surface area contributed by atoms with Gasteiger partial charge in [0.2, 0.25) is 11.8 Å². The van der Waals surface area contributed by atoms with E-state index in [0.717, 1.165) is 5.56 Å². The van der Waals surface area contributed by atoms with E-state index in [0.29, 0.717) is 37.6 Å². The molecule has 0 bridgehead atoms. The van der Waals surface area contributed by atoms with E-state index in [1.54, 1.807) is 0 Å². The summed E-state index contributed by atoms with van der Waals surface area (Å²) in [5.74, 6) is 1.18. The van der Waals surface area contributed by atoms with Crippen molar-refractivity contribution in [2.45, 2.75) is 39.6 Å². The fraction of sp³-hybridized carbons (Fsp3) is 0.429. The number of aromatic nitrogens is 2. The van der Waals surface area contributed by atoms with Gasteiger partial charge in [0, 0.05) is 11.6 Å². The molecule has 1 N–H and O–H groups in total. The molecule has 1 aromatic carbocycles. The Kier molecular flexibility index (Phi) is 3.31. The Morgan fingerprint density at radius 3 is 2.89 bits per heavy atom. The molecule has 1 aliphatic rings. The SMILES string of the molecule is CC(C)NCc1nnc(-c2ccc3c(c2)COC3)o1. The second-order valence-electron chi connectivity index (χ2n) is 5.01. The molecule has 2 heterocycles. The molecule has 3 rings (SSSR count). The van der Waals surface area contributed by atoms with Crippen molar-refractivity contribution in [1.82, 2.24) is 15.5 Å². The van der Waals surface area contributed by atoms with Gasteiger partial charge in [-0.15, -0.1) is 10.2 Å². The molecule has 1 aromatic heterocycles. The third-order valence-electron chi connectivity index (χ3n) is 3.10. The zero-order valence-electron chi connectivity index (χ0n) is 11.1. The molecule has 0 radical (unpaired) electrons. The van der Waals surface area contributed by atoms with Crippen LogP contribution in [0.4, 0.5) is 0 Å². The Bertz CT molecular complexity index is 578. The van der Waals surface area contributed by atoms with Crippen molar-refractivity contribution in [3.8, 4) is 11.5 Å². The van der Waals surface area contributed by atoms with Crippen LogP contribution in [0.3, 0.4) is 0 Å². The monoisotopic (exact) mass is 259 g/mol. The zero-order chi connectivity index (χ0) is 13.2. The van der Waals surface area contributed by atoms with Crippen LogP contribution in [-0.2, 0) is 24.5 Å². The smallest absolute Gasteiger partial charge is 0.247 e. The average Bonchev–Trinajstić information content (AvgIpc) is 3.04. The van der Waals surface area contributed by atoms with Crippen molar-refractivity contribution in [3.05, 3.63) is 35.2 Å². The van der Waals surface area contributed by atoms with Crippen LogP contribution in [0.15, 0.2) is 22.6 Å². The predicted octanol–water partition coefficient (Wildman–Crippen LogP) is 2.26. The van der Waals surface area contributed by atoms with Crippen LogP contribution in [0.5, 0.6) is 0 Å². The van der Waals surface area contributed by atoms with Crippen molar-refractivity contribution in [3.63, 3.8) is 0 Å². The fourth-order valence-electron chi connectivity index (χ4n) is 2.04. The number of hydrogen-bond acceptors (Lipinski definition) is 5. The minimum Gasteiger partial charge on any atom is -0.419 e. The van der Waals surface area contributed by atoms with E-state index in [2.05, 4.69) is 41.5 Å². The molecule has 0 atom stereocenters. The maximum absolute atomic E-state index is 5.65. The van der Waals surface area contributed by atoms with Gasteiger partial charge in [-0.3, -0.25) is 0 Å². The number of nitrogens with one attached hydrogen (secondary N) is 1. The lowest BCUT2D eigenvalue weighted by Gasteiger charge is -2.03. The van der Waals surface area contributed by atoms with Gasteiger partial charge in [0.15, 0.2) is 0 Å². The summed E-state index contributed by atoms with van der Waals surface area (Å²) < 4.78 is 11.1. The molecule has 5 heteroatoms. The molecule has 5 nitrogen and oxygen atoms in total. The molecule has 0 saturated carbocycles. The molecule has 100 valence electrons. The highest BCUT2D eigenvalue weighted by atomic mass is 16.5. The lowest BCUT2D eigenvalue weighted by molar-refractivity contribution is 0.134. The highest BCUT2D eigenvalue weighted by Crippen LogP contribution is 2.26. The van der Waals surface area contributed by atoms with E-state index in [1.807, 2.05) is 6.07 Å². The molecule has 0 saturated heterocycles. The molecule has 0 unspecified atom stereocenters. The largest absolute Gasteiger partial charge is 0.419 e. The van der Waals surface area contributed by atoms with Crippen molar-refractivity contribution >= 4 is 0 Å². The van der Waals surface area contributed by atoms with Crippen LogP contribution in [-0.4, -0.2) is 16.2 Å². The number of rotatable bonds is 4. The van der Waals surface area contributed by atoms with Crippen molar-refractivity contribution in [2.24, 2.45) is 0 Å². The summed E-state index contributed by atoms with van der Waals surface area (Å²) in [6.07, 6.45) is 0. The Morgan fingerprint density at radius 1 is 1.21 bits per heavy atom. The highest BCUT2D eigenvalue weighted by molar-refractivity contribution is 5.55. The maximum Gasteiger partial charge on any atom is 0.247 e. The Balaban J connectivity index is 1.79. The Hall–Kier alpha value is -1.72. The molecular weight excluding hydrogens is 242 g/mol. The minimum absolute atomic E-state index is 0.396. The van der Waals surface area contributed by atoms with E-state index in [1.165, 1.54) is 11.1 Å². The number of benzene rings is 1. The van der Waals surface area contributed by atoms with Gasteiger partial charge in [0.05, 0.1) is 19.8 Å². The topological polar surface area (TPSA) is 60.2 Å². The quantitative estimate of drug-likeness (QED) is 0.912. The lowest BCUT2D eigenvalue weighted by Crippen LogP contribution is -2.21. The summed E-state index contributed by atoms with van der Waals surface area (Å²) in [6, 6.07) is 6.52. The number of ether oxygens (including phenoxy) is 1. The number of hydrogen-bond donors (Lipinski definition) is 1. The minimum atomic E-state index is 0.396. The van der Waals surface area contributed by atoms with E-state index >= 15 is 0 Å². The third-order valence-corrected chi connectivity index (χ3v) is 3.10. The lowest BCUT2D eigenvalue weighted by atomic mass is 10.1. The highest BCUT2D eigenvalue weighted by Gasteiger charge is 2.14. The summed E-state index contributed by atoms with van der Waals surface area (Å²) in [5, 5.41) is 11.4. The predicted molar refractivity (Wildman–Crippen MR) is 70.2 cm³/mol. The van der Waals surface area contributed by atoms with E-state index in [4.69, 9.17) is 9.15 Å². The van der Waals surface area contributed by atoms with Crippen molar-refractivity contribution < 1.29 is 9.15 Å². The molecule has 2 aromatic rings. The van der Waals surface area contributed by atoms with Crippen molar-refractivity contribution in [2.75, 3.05) is 0 Å². The summed E-state index contributed by atoms with van der Waals surface area (Å²) in [5.41, 5.74) is 3.40. The Labute approximate surface area is 112 Å². The summed E-state index contributed by atoms with van der Waals surface area (Å²) in [7, 11) is 0. The molecular formula is C14H17N3O2. The van der Waals surface area contributed by atoms with Gasteiger partial charge >= 0.3 is 0 Å². The molecule has 0 aliphatic carbocycles. The van der Waals surface area contributed by atoms with Gasteiger partial charge in [-0.25, -0.2) is 0 Å². The van der Waals surface area contributed by atoms with Crippen LogP contribution >= 0.6 is 0 Å². The van der Waals surface area contributed by atoms with Crippen LogP contribution in [0.2, 0.25) is 0 Å². The van der Waals surface area contributed by atoms with Gasteiger partial charge in [-0.05, 0) is 23.3 Å². The van der Waals surface area contributed by atoms with E-state index in [9.17, 15) is 0 Å². The van der Waals surface area contributed by atoms with Crippen LogP contribution in [0, 0.1) is 0 Å². The summed E-state index contributed by atoms with van der Waals surface area (Å²) in [6.45, 7) is 6.12. The van der Waals surface area contributed by atoms with Gasteiger partial charge < -0.3 is 14.5 Å². The second-order valence-corrected chi connectivity index (χ2v) is 5.01. The first-order chi connectivity index (χ1) is 9.22. The van der Waals surface area contributed by atoms with Crippen LogP contribution in [0.1, 0.15) is 30.9 Å². The molecule has 0 amide bonds. The van der Waals surface area contributed by atoms with Gasteiger partial charge in [-0.2, -0.15) is 0 Å². The molecule has 0 fully saturated rings.